The highest BCUT2D eigenvalue weighted by atomic mass is 32.2. The van der Waals surface area contributed by atoms with Crippen LogP contribution in [0.4, 0.5) is 5.69 Å². The Morgan fingerprint density at radius 1 is 1.15 bits per heavy atom. The number of amides is 1. The van der Waals surface area contributed by atoms with Gasteiger partial charge in [-0.3, -0.25) is 9.10 Å². The second-order valence-corrected chi connectivity index (χ2v) is 8.29. The summed E-state index contributed by atoms with van der Waals surface area (Å²) in [6.07, 6.45) is 1.20. The van der Waals surface area contributed by atoms with E-state index in [1.165, 1.54) is 7.05 Å². The smallest absolute Gasteiger partial charge is 0.251 e. The first kappa shape index (κ1) is 19.8. The molecular weight excluding hydrogens is 352 g/mol. The number of rotatable bonds is 7. The number of ether oxygens (including phenoxy) is 1. The lowest BCUT2D eigenvalue weighted by atomic mass is 10.1. The fourth-order valence-corrected chi connectivity index (χ4v) is 2.82. The van der Waals surface area contributed by atoms with E-state index in [0.717, 1.165) is 21.9 Å². The quantitative estimate of drug-likeness (QED) is 0.806. The van der Waals surface area contributed by atoms with Crippen LogP contribution in [-0.2, 0) is 16.6 Å². The summed E-state index contributed by atoms with van der Waals surface area (Å²) in [6.45, 7) is 4.25. The van der Waals surface area contributed by atoms with Gasteiger partial charge in [0.25, 0.3) is 5.91 Å². The molecule has 2 aromatic carbocycles. The number of carbonyl (C=O) groups excluding carboxylic acids is 1. The van der Waals surface area contributed by atoms with Crippen LogP contribution >= 0.6 is 0 Å². The molecule has 0 aromatic heterocycles. The summed E-state index contributed by atoms with van der Waals surface area (Å²) in [5, 5.41) is 2.84. The maximum atomic E-state index is 12.4. The predicted molar refractivity (Wildman–Crippen MR) is 103 cm³/mol. The number of sulfonamides is 1. The first-order valence-electron chi connectivity index (χ1n) is 8.24. The van der Waals surface area contributed by atoms with Gasteiger partial charge in [-0.15, -0.1) is 0 Å². The molecule has 6 nitrogen and oxygen atoms in total. The Hall–Kier alpha value is -2.54. The van der Waals surface area contributed by atoms with Gasteiger partial charge in [0.15, 0.2) is 0 Å². The van der Waals surface area contributed by atoms with E-state index < -0.39 is 10.0 Å². The summed E-state index contributed by atoms with van der Waals surface area (Å²) < 4.78 is 30.1. The van der Waals surface area contributed by atoms with Crippen LogP contribution in [-0.4, -0.2) is 33.7 Å². The normalized spacial score (nSPS) is 11.3. The highest BCUT2D eigenvalue weighted by Gasteiger charge is 2.14. The molecule has 0 saturated heterocycles. The minimum Gasteiger partial charge on any atom is -0.491 e. The summed E-state index contributed by atoms with van der Waals surface area (Å²) in [4.78, 5) is 12.4. The topological polar surface area (TPSA) is 75.7 Å². The molecule has 0 aliphatic heterocycles. The Balaban J connectivity index is 2.07. The van der Waals surface area contributed by atoms with Crippen LogP contribution in [0.25, 0.3) is 0 Å². The third-order valence-electron chi connectivity index (χ3n) is 3.69. The molecule has 1 amide bonds. The molecule has 0 unspecified atom stereocenters. The van der Waals surface area contributed by atoms with Crippen LogP contribution in [0.15, 0.2) is 48.5 Å². The molecule has 0 radical (unpaired) electrons. The Labute approximate surface area is 154 Å². The molecule has 140 valence electrons. The molecule has 2 aromatic rings. The predicted octanol–water partition coefficient (Wildman–Crippen LogP) is 2.80. The van der Waals surface area contributed by atoms with Crippen molar-refractivity contribution in [2.75, 3.05) is 17.6 Å². The lowest BCUT2D eigenvalue weighted by Gasteiger charge is -2.17. The second-order valence-electron chi connectivity index (χ2n) is 6.28. The van der Waals surface area contributed by atoms with Gasteiger partial charge in [-0.25, -0.2) is 8.42 Å². The number of nitrogens with zero attached hydrogens (tertiary/aromatic N) is 1. The molecule has 1 N–H and O–H groups in total. The van der Waals surface area contributed by atoms with Crippen LogP contribution in [0.3, 0.4) is 0 Å². The van der Waals surface area contributed by atoms with E-state index in [-0.39, 0.29) is 12.0 Å². The van der Waals surface area contributed by atoms with Gasteiger partial charge >= 0.3 is 0 Å². The number of benzene rings is 2. The van der Waals surface area contributed by atoms with Crippen molar-refractivity contribution in [3.05, 3.63) is 59.7 Å². The standard InChI is InChI=1S/C19H24N2O4S/c1-14(2)25-18-10-5-7-15(11-18)13-20-19(22)16-8-6-9-17(12-16)21(3)26(4,23)24/h5-12,14H,13H2,1-4H3,(H,20,22). The SMILES string of the molecule is CC(C)Oc1cccc(CNC(=O)c2cccc(N(C)S(C)(=O)=O)c2)c1. The molecule has 2 rings (SSSR count). The Kier molecular flexibility index (Phi) is 6.26. The zero-order valence-electron chi connectivity index (χ0n) is 15.4. The monoisotopic (exact) mass is 376 g/mol. The molecule has 26 heavy (non-hydrogen) atoms. The minimum absolute atomic E-state index is 0.0782. The van der Waals surface area contributed by atoms with Crippen LogP contribution in [0.2, 0.25) is 0 Å². The van der Waals surface area contributed by atoms with Crippen molar-refractivity contribution in [3.63, 3.8) is 0 Å². The third-order valence-corrected chi connectivity index (χ3v) is 4.90. The molecule has 0 spiro atoms. The molecular formula is C19H24N2O4S. The van der Waals surface area contributed by atoms with Crippen molar-refractivity contribution in [3.8, 4) is 5.75 Å². The van der Waals surface area contributed by atoms with E-state index in [4.69, 9.17) is 4.74 Å². The number of hydrogen-bond acceptors (Lipinski definition) is 4. The molecule has 0 saturated carbocycles. The van der Waals surface area contributed by atoms with E-state index in [1.54, 1.807) is 24.3 Å². The molecule has 0 fully saturated rings. The molecule has 7 heteroatoms. The van der Waals surface area contributed by atoms with E-state index >= 15 is 0 Å². The zero-order chi connectivity index (χ0) is 19.3. The van der Waals surface area contributed by atoms with Crippen molar-refractivity contribution in [1.29, 1.82) is 0 Å². The van der Waals surface area contributed by atoms with Crippen LogP contribution in [0.1, 0.15) is 29.8 Å². The van der Waals surface area contributed by atoms with Gasteiger partial charge in [0.05, 0.1) is 18.0 Å². The number of carbonyl (C=O) groups is 1. The minimum atomic E-state index is -3.38. The first-order chi connectivity index (χ1) is 12.2. The fourth-order valence-electron chi connectivity index (χ4n) is 2.32. The molecule has 0 atom stereocenters. The maximum absolute atomic E-state index is 12.4. The zero-order valence-corrected chi connectivity index (χ0v) is 16.2. The van der Waals surface area contributed by atoms with Crippen LogP contribution < -0.4 is 14.4 Å². The van der Waals surface area contributed by atoms with E-state index in [2.05, 4.69) is 5.32 Å². The Morgan fingerprint density at radius 2 is 1.85 bits per heavy atom. The van der Waals surface area contributed by atoms with Crippen molar-refractivity contribution in [2.45, 2.75) is 26.5 Å². The Morgan fingerprint density at radius 3 is 2.50 bits per heavy atom. The molecule has 0 heterocycles. The lowest BCUT2D eigenvalue weighted by molar-refractivity contribution is 0.0951. The molecule has 0 aliphatic carbocycles. The summed E-state index contributed by atoms with van der Waals surface area (Å²) >= 11 is 0. The van der Waals surface area contributed by atoms with Gasteiger partial charge in [0, 0.05) is 19.2 Å². The largest absolute Gasteiger partial charge is 0.491 e. The molecule has 0 aliphatic rings. The van der Waals surface area contributed by atoms with Crippen molar-refractivity contribution < 1.29 is 17.9 Å². The molecule has 0 bridgehead atoms. The first-order valence-corrected chi connectivity index (χ1v) is 10.1. The summed E-state index contributed by atoms with van der Waals surface area (Å²) in [5.41, 5.74) is 1.75. The van der Waals surface area contributed by atoms with E-state index in [1.807, 2.05) is 38.1 Å². The highest BCUT2D eigenvalue weighted by molar-refractivity contribution is 7.92. The van der Waals surface area contributed by atoms with Crippen molar-refractivity contribution >= 4 is 21.6 Å². The maximum Gasteiger partial charge on any atom is 0.251 e. The van der Waals surface area contributed by atoms with E-state index in [0.29, 0.717) is 17.8 Å². The van der Waals surface area contributed by atoms with Gasteiger partial charge < -0.3 is 10.1 Å². The van der Waals surface area contributed by atoms with Gasteiger partial charge in [-0.05, 0) is 49.7 Å². The number of hydrogen-bond donors (Lipinski definition) is 1. The van der Waals surface area contributed by atoms with E-state index in [9.17, 15) is 13.2 Å². The van der Waals surface area contributed by atoms with Gasteiger partial charge in [-0.1, -0.05) is 18.2 Å². The number of nitrogens with one attached hydrogen (secondary N) is 1. The summed E-state index contributed by atoms with van der Waals surface area (Å²) in [5.74, 6) is 0.479. The lowest BCUT2D eigenvalue weighted by Crippen LogP contribution is -2.26. The van der Waals surface area contributed by atoms with Crippen molar-refractivity contribution in [1.82, 2.24) is 5.32 Å². The number of anilines is 1. The summed E-state index contributed by atoms with van der Waals surface area (Å²) in [6, 6.07) is 14.0. The van der Waals surface area contributed by atoms with Crippen molar-refractivity contribution in [2.24, 2.45) is 0 Å². The average Bonchev–Trinajstić information content (AvgIpc) is 2.58. The highest BCUT2D eigenvalue weighted by Crippen LogP contribution is 2.18. The second kappa shape index (κ2) is 8.23. The van der Waals surface area contributed by atoms with Crippen LogP contribution in [0, 0.1) is 0 Å². The third kappa shape index (κ3) is 5.49. The van der Waals surface area contributed by atoms with Gasteiger partial charge in [-0.2, -0.15) is 0 Å². The van der Waals surface area contributed by atoms with Gasteiger partial charge in [0.1, 0.15) is 5.75 Å². The fraction of sp³-hybridized carbons (Fsp3) is 0.316. The van der Waals surface area contributed by atoms with Crippen LogP contribution in [0.5, 0.6) is 5.75 Å². The average molecular weight is 376 g/mol. The Bertz CT molecular complexity index is 879. The van der Waals surface area contributed by atoms with Gasteiger partial charge in [0.2, 0.25) is 10.0 Å². The summed E-state index contributed by atoms with van der Waals surface area (Å²) in [7, 11) is -1.93.